The third-order valence-corrected chi connectivity index (χ3v) is 4.94. The standard InChI is InChI=1S/C16H21NO2S/c1-3-6-16(7-8-16)11-17-15(19)14-10-12(2)13(20-14)5-4-9-18/h10,18H,3,6-9,11H2,1-2H3,(H,17,19). The monoisotopic (exact) mass is 291 g/mol. The van der Waals surface area contributed by atoms with E-state index in [1.807, 2.05) is 13.0 Å². The van der Waals surface area contributed by atoms with Crippen LogP contribution in [0.2, 0.25) is 0 Å². The molecule has 2 rings (SSSR count). The van der Waals surface area contributed by atoms with Gasteiger partial charge in [0, 0.05) is 6.54 Å². The molecule has 1 aliphatic rings. The Bertz CT molecular complexity index is 547. The fourth-order valence-electron chi connectivity index (χ4n) is 2.42. The number of thiophene rings is 1. The van der Waals surface area contributed by atoms with Gasteiger partial charge in [0.15, 0.2) is 0 Å². The molecular weight excluding hydrogens is 270 g/mol. The quantitative estimate of drug-likeness (QED) is 0.820. The maximum absolute atomic E-state index is 12.2. The molecule has 0 atom stereocenters. The van der Waals surface area contributed by atoms with E-state index in [-0.39, 0.29) is 12.5 Å². The van der Waals surface area contributed by atoms with Gasteiger partial charge in [0.25, 0.3) is 5.91 Å². The fourth-order valence-corrected chi connectivity index (χ4v) is 3.38. The van der Waals surface area contributed by atoms with Crippen molar-refractivity contribution in [2.45, 2.75) is 39.5 Å². The van der Waals surface area contributed by atoms with Crippen LogP contribution in [0.5, 0.6) is 0 Å². The highest BCUT2D eigenvalue weighted by Gasteiger charge is 2.41. The molecule has 0 spiro atoms. The molecule has 4 heteroatoms. The van der Waals surface area contributed by atoms with E-state index in [0.29, 0.717) is 10.3 Å². The van der Waals surface area contributed by atoms with Gasteiger partial charge in [-0.1, -0.05) is 25.2 Å². The van der Waals surface area contributed by atoms with Gasteiger partial charge in [0.2, 0.25) is 0 Å². The molecule has 0 aliphatic heterocycles. The van der Waals surface area contributed by atoms with Crippen molar-refractivity contribution < 1.29 is 9.90 Å². The average Bonchev–Trinajstić information content (AvgIpc) is 3.10. The van der Waals surface area contributed by atoms with Crippen LogP contribution in [0.3, 0.4) is 0 Å². The minimum Gasteiger partial charge on any atom is -0.384 e. The third-order valence-electron chi connectivity index (χ3n) is 3.78. The zero-order valence-corrected chi connectivity index (χ0v) is 12.9. The fraction of sp³-hybridized carbons (Fsp3) is 0.562. The van der Waals surface area contributed by atoms with Gasteiger partial charge < -0.3 is 10.4 Å². The second-order valence-corrected chi connectivity index (χ2v) is 6.57. The summed E-state index contributed by atoms with van der Waals surface area (Å²) >= 11 is 1.40. The van der Waals surface area contributed by atoms with E-state index < -0.39 is 0 Å². The van der Waals surface area contributed by atoms with Gasteiger partial charge in [-0.05, 0) is 43.2 Å². The Morgan fingerprint density at radius 3 is 2.90 bits per heavy atom. The molecule has 0 aromatic carbocycles. The molecule has 3 nitrogen and oxygen atoms in total. The second kappa shape index (κ2) is 6.43. The molecule has 108 valence electrons. The van der Waals surface area contributed by atoms with Crippen molar-refractivity contribution in [3.63, 3.8) is 0 Å². The van der Waals surface area contributed by atoms with Crippen LogP contribution in [0.25, 0.3) is 0 Å². The van der Waals surface area contributed by atoms with E-state index in [0.717, 1.165) is 17.0 Å². The maximum Gasteiger partial charge on any atom is 0.261 e. The maximum atomic E-state index is 12.2. The number of rotatable bonds is 5. The number of nitrogens with one attached hydrogen (secondary N) is 1. The summed E-state index contributed by atoms with van der Waals surface area (Å²) in [5.41, 5.74) is 1.37. The van der Waals surface area contributed by atoms with Crippen LogP contribution in [0, 0.1) is 24.2 Å². The minimum absolute atomic E-state index is 0.00229. The summed E-state index contributed by atoms with van der Waals surface area (Å²) < 4.78 is 0. The molecule has 0 unspecified atom stereocenters. The van der Waals surface area contributed by atoms with Crippen molar-refractivity contribution >= 4 is 17.2 Å². The molecule has 1 fully saturated rings. The van der Waals surface area contributed by atoms with Crippen LogP contribution in [0.1, 0.15) is 52.7 Å². The van der Waals surface area contributed by atoms with Crippen molar-refractivity contribution in [1.82, 2.24) is 5.32 Å². The molecule has 20 heavy (non-hydrogen) atoms. The first-order chi connectivity index (χ1) is 9.60. The Morgan fingerprint density at radius 2 is 2.30 bits per heavy atom. The number of hydrogen-bond acceptors (Lipinski definition) is 3. The highest BCUT2D eigenvalue weighted by molar-refractivity contribution is 7.14. The van der Waals surface area contributed by atoms with Gasteiger partial charge in [0.05, 0.1) is 9.75 Å². The SMILES string of the molecule is CCCC1(CNC(=O)c2cc(C)c(C#CCO)s2)CC1. The highest BCUT2D eigenvalue weighted by atomic mass is 32.1. The molecule has 1 saturated carbocycles. The van der Waals surface area contributed by atoms with Gasteiger partial charge in [0.1, 0.15) is 6.61 Å². The zero-order valence-electron chi connectivity index (χ0n) is 12.1. The van der Waals surface area contributed by atoms with E-state index in [4.69, 9.17) is 5.11 Å². The van der Waals surface area contributed by atoms with E-state index in [1.54, 1.807) is 0 Å². The largest absolute Gasteiger partial charge is 0.384 e. The van der Waals surface area contributed by atoms with Crippen LogP contribution in [0.15, 0.2) is 6.07 Å². The van der Waals surface area contributed by atoms with Crippen LogP contribution >= 0.6 is 11.3 Å². The smallest absolute Gasteiger partial charge is 0.261 e. The molecule has 1 heterocycles. The predicted molar refractivity (Wildman–Crippen MR) is 81.9 cm³/mol. The number of amides is 1. The van der Waals surface area contributed by atoms with Gasteiger partial charge in [-0.2, -0.15) is 0 Å². The van der Waals surface area contributed by atoms with Crippen LogP contribution in [0.4, 0.5) is 0 Å². The van der Waals surface area contributed by atoms with E-state index in [2.05, 4.69) is 24.1 Å². The van der Waals surface area contributed by atoms with Gasteiger partial charge in [-0.3, -0.25) is 4.79 Å². The molecule has 1 aromatic rings. The topological polar surface area (TPSA) is 49.3 Å². The third kappa shape index (κ3) is 3.62. The molecule has 0 saturated heterocycles. The van der Waals surface area contributed by atoms with E-state index in [9.17, 15) is 4.79 Å². The summed E-state index contributed by atoms with van der Waals surface area (Å²) in [6.45, 7) is 4.76. The number of aliphatic hydroxyl groups excluding tert-OH is 1. The lowest BCUT2D eigenvalue weighted by Gasteiger charge is -2.14. The van der Waals surface area contributed by atoms with E-state index >= 15 is 0 Å². The lowest BCUT2D eigenvalue weighted by molar-refractivity contribution is 0.0948. The van der Waals surface area contributed by atoms with Crippen molar-refractivity contribution in [1.29, 1.82) is 0 Å². The molecule has 1 aliphatic carbocycles. The van der Waals surface area contributed by atoms with Crippen molar-refractivity contribution in [3.05, 3.63) is 21.4 Å². The van der Waals surface area contributed by atoms with Crippen molar-refractivity contribution in [3.8, 4) is 11.8 Å². The van der Waals surface area contributed by atoms with Crippen LogP contribution < -0.4 is 5.32 Å². The van der Waals surface area contributed by atoms with Crippen molar-refractivity contribution in [2.24, 2.45) is 5.41 Å². The van der Waals surface area contributed by atoms with Crippen molar-refractivity contribution in [2.75, 3.05) is 13.2 Å². The summed E-state index contributed by atoms with van der Waals surface area (Å²) in [7, 11) is 0. The average molecular weight is 291 g/mol. The molecule has 2 N–H and O–H groups in total. The Hall–Kier alpha value is -1.31. The second-order valence-electron chi connectivity index (χ2n) is 5.52. The van der Waals surface area contributed by atoms with Gasteiger partial charge >= 0.3 is 0 Å². The summed E-state index contributed by atoms with van der Waals surface area (Å²) in [4.78, 5) is 13.7. The first-order valence-electron chi connectivity index (χ1n) is 7.08. The highest BCUT2D eigenvalue weighted by Crippen LogP contribution is 2.48. The summed E-state index contributed by atoms with van der Waals surface area (Å²) in [6, 6.07) is 1.88. The number of hydrogen-bond donors (Lipinski definition) is 2. The lowest BCUT2D eigenvalue weighted by atomic mass is 10.0. The van der Waals surface area contributed by atoms with Crippen LogP contribution in [-0.2, 0) is 0 Å². The van der Waals surface area contributed by atoms with E-state index in [1.165, 1.54) is 37.0 Å². The Kier molecular flexibility index (Phi) is 4.85. The first-order valence-corrected chi connectivity index (χ1v) is 7.90. The minimum atomic E-state index is -0.154. The number of carbonyl (C=O) groups excluding carboxylic acids is 1. The summed E-state index contributed by atoms with van der Waals surface area (Å²) in [6.07, 6.45) is 4.84. The molecule has 0 bridgehead atoms. The molecule has 1 aromatic heterocycles. The normalized spacial score (nSPS) is 15.3. The summed E-state index contributed by atoms with van der Waals surface area (Å²) in [5, 5.41) is 11.8. The number of aryl methyl sites for hydroxylation is 1. The molecule has 1 amide bonds. The predicted octanol–water partition coefficient (Wildman–Crippen LogP) is 2.71. The Morgan fingerprint density at radius 1 is 1.55 bits per heavy atom. The Labute approximate surface area is 124 Å². The zero-order chi connectivity index (χ0) is 14.6. The molecule has 0 radical (unpaired) electrons. The van der Waals surface area contributed by atoms with Gasteiger partial charge in [-0.15, -0.1) is 11.3 Å². The summed E-state index contributed by atoms with van der Waals surface area (Å²) in [5.74, 6) is 5.50. The molecular formula is C16H21NO2S. The van der Waals surface area contributed by atoms with Crippen LogP contribution in [-0.4, -0.2) is 24.2 Å². The number of aliphatic hydroxyl groups is 1. The first kappa shape index (κ1) is 15.1. The number of carbonyl (C=O) groups is 1. The Balaban J connectivity index is 1.96. The lowest BCUT2D eigenvalue weighted by Crippen LogP contribution is -2.29. The van der Waals surface area contributed by atoms with Gasteiger partial charge in [-0.25, -0.2) is 0 Å².